The van der Waals surface area contributed by atoms with Crippen molar-refractivity contribution in [1.29, 1.82) is 0 Å². The molecule has 0 bridgehead atoms. The minimum Gasteiger partial charge on any atom is -0.387 e. The molecule has 0 aromatic rings. The second-order valence-corrected chi connectivity index (χ2v) is 3.13. The Kier molecular flexibility index (Phi) is 4.65. The Morgan fingerprint density at radius 2 is 2.18 bits per heavy atom. The molecule has 0 heterocycles. The Bertz CT molecular complexity index is 100. The molecule has 68 valence electrons. The number of rotatable bonds is 5. The molecule has 2 atom stereocenters. The number of aliphatic hydroxyl groups is 1. The third kappa shape index (κ3) is 3.18. The molecule has 3 nitrogen and oxygen atoms in total. The van der Waals surface area contributed by atoms with Gasteiger partial charge in [0.05, 0.1) is 12.2 Å². The molecular formula is C8H19NO2. The van der Waals surface area contributed by atoms with E-state index in [0.717, 1.165) is 6.42 Å². The van der Waals surface area contributed by atoms with Crippen molar-refractivity contribution >= 4 is 0 Å². The first-order chi connectivity index (χ1) is 5.08. The van der Waals surface area contributed by atoms with E-state index in [1.54, 1.807) is 14.0 Å². The maximum Gasteiger partial charge on any atom is 0.0891 e. The first kappa shape index (κ1) is 10.9. The smallest absolute Gasteiger partial charge is 0.0891 e. The van der Waals surface area contributed by atoms with Crippen LogP contribution in [0.2, 0.25) is 0 Å². The molecule has 3 heteroatoms. The number of methoxy groups -OCH3 is 1. The number of nitrogens with two attached hydrogens (primary N) is 1. The van der Waals surface area contributed by atoms with Gasteiger partial charge in [-0.2, -0.15) is 0 Å². The summed E-state index contributed by atoms with van der Waals surface area (Å²) < 4.78 is 4.89. The van der Waals surface area contributed by atoms with Gasteiger partial charge in [-0.3, -0.25) is 0 Å². The van der Waals surface area contributed by atoms with Gasteiger partial charge in [0.15, 0.2) is 0 Å². The highest BCUT2D eigenvalue weighted by atomic mass is 16.5. The summed E-state index contributed by atoms with van der Waals surface area (Å²) in [5, 5.41) is 9.77. The van der Waals surface area contributed by atoms with Gasteiger partial charge in [0.2, 0.25) is 0 Å². The molecule has 0 aliphatic carbocycles. The van der Waals surface area contributed by atoms with Crippen LogP contribution in [0, 0.1) is 5.92 Å². The van der Waals surface area contributed by atoms with E-state index in [1.807, 2.05) is 6.92 Å². The Hall–Kier alpha value is -0.120. The molecule has 11 heavy (non-hydrogen) atoms. The summed E-state index contributed by atoms with van der Waals surface area (Å²) in [7, 11) is 1.58. The monoisotopic (exact) mass is 161 g/mol. The highest BCUT2D eigenvalue weighted by Gasteiger charge is 2.29. The lowest BCUT2D eigenvalue weighted by Crippen LogP contribution is -2.42. The van der Waals surface area contributed by atoms with Gasteiger partial charge in [-0.05, 0) is 19.9 Å². The highest BCUT2D eigenvalue weighted by molar-refractivity contribution is 4.81. The lowest BCUT2D eigenvalue weighted by Gasteiger charge is -2.30. The Morgan fingerprint density at radius 1 is 1.64 bits per heavy atom. The lowest BCUT2D eigenvalue weighted by molar-refractivity contribution is -0.0582. The number of ether oxygens (including phenoxy) is 1. The van der Waals surface area contributed by atoms with Crippen LogP contribution in [0.1, 0.15) is 20.3 Å². The summed E-state index contributed by atoms with van der Waals surface area (Å²) in [6, 6.07) is 0. The van der Waals surface area contributed by atoms with Gasteiger partial charge in [0.1, 0.15) is 0 Å². The van der Waals surface area contributed by atoms with Gasteiger partial charge in [-0.15, -0.1) is 0 Å². The molecule has 0 amide bonds. The van der Waals surface area contributed by atoms with Crippen LogP contribution < -0.4 is 5.73 Å². The molecule has 0 aliphatic rings. The average molecular weight is 161 g/mol. The second kappa shape index (κ2) is 4.70. The van der Waals surface area contributed by atoms with E-state index in [4.69, 9.17) is 10.5 Å². The van der Waals surface area contributed by atoms with Crippen molar-refractivity contribution < 1.29 is 9.84 Å². The normalized spacial score (nSPS) is 19.4. The minimum atomic E-state index is -0.780. The van der Waals surface area contributed by atoms with E-state index in [1.165, 1.54) is 0 Å². The Balaban J connectivity index is 4.00. The third-order valence-electron chi connectivity index (χ3n) is 2.09. The maximum atomic E-state index is 9.77. The van der Waals surface area contributed by atoms with Crippen LogP contribution in [0.25, 0.3) is 0 Å². The Labute approximate surface area is 68.5 Å². The molecule has 0 aliphatic heterocycles. The molecular weight excluding hydrogens is 142 g/mol. The fourth-order valence-corrected chi connectivity index (χ4v) is 1.27. The van der Waals surface area contributed by atoms with Crippen molar-refractivity contribution in [3.8, 4) is 0 Å². The minimum absolute atomic E-state index is 0.127. The molecule has 0 aromatic heterocycles. The topological polar surface area (TPSA) is 55.5 Å². The molecule has 0 saturated heterocycles. The molecule has 2 unspecified atom stereocenters. The fourth-order valence-electron chi connectivity index (χ4n) is 1.27. The van der Waals surface area contributed by atoms with E-state index in [2.05, 4.69) is 0 Å². The van der Waals surface area contributed by atoms with Gasteiger partial charge < -0.3 is 15.6 Å². The van der Waals surface area contributed by atoms with Crippen LogP contribution in [0.15, 0.2) is 0 Å². The van der Waals surface area contributed by atoms with Crippen LogP contribution in [-0.4, -0.2) is 31.0 Å². The zero-order valence-electron chi connectivity index (χ0n) is 7.63. The predicted octanol–water partition coefficient (Wildman–Crippen LogP) is 0.369. The fraction of sp³-hybridized carbons (Fsp3) is 1.00. The zero-order valence-corrected chi connectivity index (χ0v) is 7.63. The number of hydrogen-bond acceptors (Lipinski definition) is 3. The summed E-state index contributed by atoms with van der Waals surface area (Å²) in [5.41, 5.74) is 4.70. The average Bonchev–Trinajstić information content (AvgIpc) is 1.89. The summed E-state index contributed by atoms with van der Waals surface area (Å²) >= 11 is 0. The molecule has 0 rings (SSSR count). The second-order valence-electron chi connectivity index (χ2n) is 3.13. The van der Waals surface area contributed by atoms with E-state index in [-0.39, 0.29) is 5.92 Å². The van der Waals surface area contributed by atoms with Crippen molar-refractivity contribution in [2.75, 3.05) is 20.3 Å². The predicted molar refractivity (Wildman–Crippen MR) is 45.3 cm³/mol. The van der Waals surface area contributed by atoms with Gasteiger partial charge in [0.25, 0.3) is 0 Å². The third-order valence-corrected chi connectivity index (χ3v) is 2.09. The van der Waals surface area contributed by atoms with E-state index < -0.39 is 5.60 Å². The highest BCUT2D eigenvalue weighted by Crippen LogP contribution is 2.19. The van der Waals surface area contributed by atoms with Crippen molar-refractivity contribution in [1.82, 2.24) is 0 Å². The first-order valence-corrected chi connectivity index (χ1v) is 3.99. The molecule has 0 fully saturated rings. The van der Waals surface area contributed by atoms with E-state index >= 15 is 0 Å². The summed E-state index contributed by atoms with van der Waals surface area (Å²) in [6.07, 6.45) is 0.882. The van der Waals surface area contributed by atoms with Gasteiger partial charge in [-0.25, -0.2) is 0 Å². The summed E-state index contributed by atoms with van der Waals surface area (Å²) in [5.74, 6) is 0.127. The van der Waals surface area contributed by atoms with Crippen LogP contribution in [0.4, 0.5) is 0 Å². The van der Waals surface area contributed by atoms with Crippen LogP contribution >= 0.6 is 0 Å². The lowest BCUT2D eigenvalue weighted by atomic mass is 9.88. The standard InChI is InChI=1S/C8H19NO2/c1-4-7(5-9)8(2,10)6-11-3/h7,10H,4-6,9H2,1-3H3. The molecule has 0 aromatic carbocycles. The molecule has 0 radical (unpaired) electrons. The van der Waals surface area contributed by atoms with Crippen LogP contribution in [0.3, 0.4) is 0 Å². The first-order valence-electron chi connectivity index (χ1n) is 3.99. The largest absolute Gasteiger partial charge is 0.387 e. The van der Waals surface area contributed by atoms with Crippen LogP contribution in [-0.2, 0) is 4.74 Å². The molecule has 3 N–H and O–H groups in total. The summed E-state index contributed by atoms with van der Waals surface area (Å²) in [4.78, 5) is 0. The number of hydrogen-bond donors (Lipinski definition) is 2. The molecule has 0 saturated carbocycles. The molecule has 0 spiro atoms. The van der Waals surface area contributed by atoms with E-state index in [9.17, 15) is 5.11 Å². The Morgan fingerprint density at radius 3 is 2.45 bits per heavy atom. The van der Waals surface area contributed by atoms with Crippen LogP contribution in [0.5, 0.6) is 0 Å². The zero-order chi connectivity index (χ0) is 8.91. The van der Waals surface area contributed by atoms with Crippen molar-refractivity contribution in [3.05, 3.63) is 0 Å². The maximum absolute atomic E-state index is 9.77. The van der Waals surface area contributed by atoms with Gasteiger partial charge >= 0.3 is 0 Å². The van der Waals surface area contributed by atoms with Gasteiger partial charge in [-0.1, -0.05) is 6.92 Å². The van der Waals surface area contributed by atoms with Crippen molar-refractivity contribution in [2.24, 2.45) is 11.7 Å². The summed E-state index contributed by atoms with van der Waals surface area (Å²) in [6.45, 7) is 4.63. The SMILES string of the molecule is CCC(CN)C(C)(O)COC. The quantitative estimate of drug-likeness (QED) is 0.612. The van der Waals surface area contributed by atoms with Gasteiger partial charge in [0, 0.05) is 13.0 Å². The van der Waals surface area contributed by atoms with E-state index in [0.29, 0.717) is 13.2 Å². The van der Waals surface area contributed by atoms with Crippen molar-refractivity contribution in [3.63, 3.8) is 0 Å². The van der Waals surface area contributed by atoms with Crippen molar-refractivity contribution in [2.45, 2.75) is 25.9 Å².